The highest BCUT2D eigenvalue weighted by Crippen LogP contribution is 2.08. The van der Waals surface area contributed by atoms with Crippen LogP contribution in [0.15, 0.2) is 60.9 Å². The average Bonchev–Trinajstić information content (AvgIpc) is 2.74. The molecule has 2 N–H and O–H groups in total. The van der Waals surface area contributed by atoms with Gasteiger partial charge in [-0.25, -0.2) is 14.4 Å². The van der Waals surface area contributed by atoms with Gasteiger partial charge in [-0.2, -0.15) is 5.26 Å². The van der Waals surface area contributed by atoms with Gasteiger partial charge in [-0.3, -0.25) is 9.59 Å². The Hall–Kier alpha value is -4.12. The summed E-state index contributed by atoms with van der Waals surface area (Å²) >= 11 is 0. The van der Waals surface area contributed by atoms with Crippen molar-refractivity contribution >= 4 is 17.6 Å². The molecular weight excluding hydrogens is 373 g/mol. The van der Waals surface area contributed by atoms with E-state index in [1.807, 2.05) is 6.07 Å². The number of hydrogen-bond acceptors (Lipinski definition) is 5. The Kier molecular flexibility index (Phi) is 6.22. The first-order valence-electron chi connectivity index (χ1n) is 8.67. The van der Waals surface area contributed by atoms with Crippen LogP contribution < -0.4 is 10.6 Å². The number of rotatable bonds is 6. The standard InChI is InChI=1S/C21H16FN5O2/c22-17-7-5-14(6-8-17)9-20(28)27-19-10-18(25-13-26-19)21(29)24-12-16-3-1-15(11-23)2-4-16/h1-8,10,13H,9,12H2,(H,24,29)(H,25,26,27,28). The molecule has 144 valence electrons. The molecule has 0 aliphatic heterocycles. The molecule has 3 rings (SSSR count). The van der Waals surface area contributed by atoms with Gasteiger partial charge in [0.1, 0.15) is 23.7 Å². The van der Waals surface area contributed by atoms with Gasteiger partial charge in [-0.15, -0.1) is 0 Å². The van der Waals surface area contributed by atoms with Gasteiger partial charge in [0.2, 0.25) is 5.91 Å². The Labute approximate surface area is 166 Å². The Bertz CT molecular complexity index is 1060. The Morgan fingerprint density at radius 2 is 1.69 bits per heavy atom. The van der Waals surface area contributed by atoms with E-state index < -0.39 is 5.91 Å². The van der Waals surface area contributed by atoms with Crippen LogP contribution in [-0.4, -0.2) is 21.8 Å². The minimum absolute atomic E-state index is 0.0461. The molecule has 1 heterocycles. The molecule has 3 aromatic rings. The summed E-state index contributed by atoms with van der Waals surface area (Å²) in [7, 11) is 0. The van der Waals surface area contributed by atoms with Gasteiger partial charge in [-0.1, -0.05) is 24.3 Å². The average molecular weight is 389 g/mol. The van der Waals surface area contributed by atoms with E-state index in [9.17, 15) is 14.0 Å². The molecule has 7 nitrogen and oxygen atoms in total. The van der Waals surface area contributed by atoms with Crippen molar-refractivity contribution in [3.8, 4) is 6.07 Å². The summed E-state index contributed by atoms with van der Waals surface area (Å²) in [6, 6.07) is 15.8. The fraction of sp³-hybridized carbons (Fsp3) is 0.0952. The molecule has 0 radical (unpaired) electrons. The van der Waals surface area contributed by atoms with Crippen molar-refractivity contribution in [1.82, 2.24) is 15.3 Å². The maximum atomic E-state index is 12.9. The zero-order valence-electron chi connectivity index (χ0n) is 15.2. The molecular formula is C21H16FN5O2. The van der Waals surface area contributed by atoms with E-state index in [1.165, 1.54) is 36.7 Å². The molecule has 0 aliphatic rings. The van der Waals surface area contributed by atoms with E-state index in [0.29, 0.717) is 11.1 Å². The smallest absolute Gasteiger partial charge is 0.270 e. The molecule has 1 aromatic heterocycles. The summed E-state index contributed by atoms with van der Waals surface area (Å²) < 4.78 is 12.9. The van der Waals surface area contributed by atoms with Crippen molar-refractivity contribution in [2.75, 3.05) is 5.32 Å². The number of nitrogens with zero attached hydrogens (tertiary/aromatic N) is 3. The van der Waals surface area contributed by atoms with E-state index in [4.69, 9.17) is 5.26 Å². The zero-order chi connectivity index (χ0) is 20.6. The highest BCUT2D eigenvalue weighted by molar-refractivity contribution is 5.95. The molecule has 0 aliphatic carbocycles. The minimum Gasteiger partial charge on any atom is -0.347 e. The van der Waals surface area contributed by atoms with Crippen molar-refractivity contribution in [3.05, 3.63) is 89.1 Å². The van der Waals surface area contributed by atoms with Crippen LogP contribution in [0.1, 0.15) is 27.2 Å². The van der Waals surface area contributed by atoms with E-state index >= 15 is 0 Å². The Morgan fingerprint density at radius 1 is 1.00 bits per heavy atom. The number of benzene rings is 2. The third-order valence-electron chi connectivity index (χ3n) is 3.98. The molecule has 8 heteroatoms. The predicted octanol–water partition coefficient (Wildman–Crippen LogP) is 2.60. The lowest BCUT2D eigenvalue weighted by Crippen LogP contribution is -2.24. The lowest BCUT2D eigenvalue weighted by Gasteiger charge is -2.07. The normalized spacial score (nSPS) is 10.1. The number of halogens is 1. The van der Waals surface area contributed by atoms with Gasteiger partial charge in [0.15, 0.2) is 0 Å². The molecule has 0 unspecified atom stereocenters. The summed E-state index contributed by atoms with van der Waals surface area (Å²) in [5, 5.41) is 14.1. The number of nitriles is 1. The molecule has 0 saturated heterocycles. The molecule has 2 amide bonds. The van der Waals surface area contributed by atoms with Gasteiger partial charge in [-0.05, 0) is 35.4 Å². The summed E-state index contributed by atoms with van der Waals surface area (Å²) in [6.45, 7) is 0.265. The van der Waals surface area contributed by atoms with E-state index in [-0.39, 0.29) is 36.2 Å². The van der Waals surface area contributed by atoms with E-state index in [1.54, 1.807) is 24.3 Å². The Balaban J connectivity index is 1.57. The molecule has 0 bridgehead atoms. The number of amides is 2. The minimum atomic E-state index is -0.425. The van der Waals surface area contributed by atoms with Crippen LogP contribution in [0, 0.1) is 17.1 Å². The highest BCUT2D eigenvalue weighted by atomic mass is 19.1. The summed E-state index contributed by atoms with van der Waals surface area (Å²) in [5.41, 5.74) is 2.13. The topological polar surface area (TPSA) is 108 Å². The number of anilines is 1. The lowest BCUT2D eigenvalue weighted by atomic mass is 10.1. The molecule has 29 heavy (non-hydrogen) atoms. The van der Waals surface area contributed by atoms with Crippen LogP contribution >= 0.6 is 0 Å². The summed E-state index contributed by atoms with van der Waals surface area (Å²) in [5.74, 6) is -0.956. The van der Waals surface area contributed by atoms with Crippen LogP contribution in [0.3, 0.4) is 0 Å². The van der Waals surface area contributed by atoms with Gasteiger partial charge in [0.25, 0.3) is 5.91 Å². The van der Waals surface area contributed by atoms with Crippen LogP contribution in [0.4, 0.5) is 10.2 Å². The second-order valence-electron chi connectivity index (χ2n) is 6.13. The predicted molar refractivity (Wildman–Crippen MR) is 103 cm³/mol. The van der Waals surface area contributed by atoms with Crippen molar-refractivity contribution in [2.45, 2.75) is 13.0 Å². The quantitative estimate of drug-likeness (QED) is 0.674. The van der Waals surface area contributed by atoms with Crippen LogP contribution in [-0.2, 0) is 17.8 Å². The zero-order valence-corrected chi connectivity index (χ0v) is 15.2. The van der Waals surface area contributed by atoms with E-state index in [2.05, 4.69) is 20.6 Å². The number of carbonyl (C=O) groups is 2. The lowest BCUT2D eigenvalue weighted by molar-refractivity contribution is -0.115. The molecule has 0 spiro atoms. The molecule has 0 saturated carbocycles. The third kappa shape index (κ3) is 5.68. The van der Waals surface area contributed by atoms with Gasteiger partial charge in [0, 0.05) is 12.6 Å². The molecule has 2 aromatic carbocycles. The van der Waals surface area contributed by atoms with Crippen LogP contribution in [0.2, 0.25) is 0 Å². The third-order valence-corrected chi connectivity index (χ3v) is 3.98. The first-order valence-corrected chi connectivity index (χ1v) is 8.67. The SMILES string of the molecule is N#Cc1ccc(CNC(=O)c2cc(NC(=O)Cc3ccc(F)cc3)ncn2)cc1. The van der Waals surface area contributed by atoms with Gasteiger partial charge >= 0.3 is 0 Å². The number of carbonyl (C=O) groups excluding carboxylic acids is 2. The monoisotopic (exact) mass is 389 g/mol. The maximum absolute atomic E-state index is 12.9. The number of hydrogen-bond donors (Lipinski definition) is 2. The van der Waals surface area contributed by atoms with Gasteiger partial charge in [0.05, 0.1) is 18.1 Å². The van der Waals surface area contributed by atoms with Crippen molar-refractivity contribution < 1.29 is 14.0 Å². The highest BCUT2D eigenvalue weighted by Gasteiger charge is 2.11. The largest absolute Gasteiger partial charge is 0.347 e. The second-order valence-corrected chi connectivity index (χ2v) is 6.13. The summed E-state index contributed by atoms with van der Waals surface area (Å²) in [6.07, 6.45) is 1.23. The molecule has 0 fully saturated rings. The fourth-order valence-electron chi connectivity index (χ4n) is 2.49. The Morgan fingerprint density at radius 3 is 2.38 bits per heavy atom. The fourth-order valence-corrected chi connectivity index (χ4v) is 2.49. The van der Waals surface area contributed by atoms with Crippen molar-refractivity contribution in [1.29, 1.82) is 5.26 Å². The van der Waals surface area contributed by atoms with Crippen LogP contribution in [0.5, 0.6) is 0 Å². The molecule has 0 atom stereocenters. The number of nitrogens with one attached hydrogen (secondary N) is 2. The van der Waals surface area contributed by atoms with Gasteiger partial charge < -0.3 is 10.6 Å². The van der Waals surface area contributed by atoms with Crippen LogP contribution in [0.25, 0.3) is 0 Å². The van der Waals surface area contributed by atoms with E-state index in [0.717, 1.165) is 5.56 Å². The number of aromatic nitrogens is 2. The van der Waals surface area contributed by atoms with Crippen molar-refractivity contribution in [2.24, 2.45) is 0 Å². The summed E-state index contributed by atoms with van der Waals surface area (Å²) in [4.78, 5) is 32.3. The van der Waals surface area contributed by atoms with Crippen molar-refractivity contribution in [3.63, 3.8) is 0 Å². The first-order chi connectivity index (χ1) is 14.0. The second kappa shape index (κ2) is 9.19. The maximum Gasteiger partial charge on any atom is 0.270 e. The first kappa shape index (κ1) is 19.6.